The number of nitrogens with one attached hydrogen (secondary N) is 1. The summed E-state index contributed by atoms with van der Waals surface area (Å²) in [5, 5.41) is 3.68. The predicted octanol–water partition coefficient (Wildman–Crippen LogP) is 3.62. The van der Waals surface area contributed by atoms with Crippen LogP contribution in [0.25, 0.3) is 0 Å². The van der Waals surface area contributed by atoms with Gasteiger partial charge in [-0.05, 0) is 41.9 Å². The lowest BCUT2D eigenvalue weighted by molar-refractivity contribution is 0.354. The van der Waals surface area contributed by atoms with Crippen LogP contribution in [0.15, 0.2) is 18.2 Å². The van der Waals surface area contributed by atoms with Crippen molar-refractivity contribution in [3.63, 3.8) is 0 Å². The van der Waals surface area contributed by atoms with Crippen molar-refractivity contribution < 1.29 is 0 Å². The van der Waals surface area contributed by atoms with Gasteiger partial charge >= 0.3 is 0 Å². The van der Waals surface area contributed by atoms with Crippen LogP contribution in [0.5, 0.6) is 0 Å². The van der Waals surface area contributed by atoms with Gasteiger partial charge in [0, 0.05) is 12.6 Å². The molecule has 1 aromatic rings. The maximum Gasteiger partial charge on any atom is 0.0211 e. The summed E-state index contributed by atoms with van der Waals surface area (Å²) >= 11 is 0. The number of fused-ring (bicyclic) bond motifs is 1. The van der Waals surface area contributed by atoms with Crippen molar-refractivity contribution in [2.75, 3.05) is 0 Å². The van der Waals surface area contributed by atoms with Gasteiger partial charge in [-0.25, -0.2) is 0 Å². The third-order valence-electron chi connectivity index (χ3n) is 3.75. The summed E-state index contributed by atoms with van der Waals surface area (Å²) in [4.78, 5) is 0. The molecule has 0 radical (unpaired) electrons. The van der Waals surface area contributed by atoms with E-state index >= 15 is 0 Å². The first-order valence-electron chi connectivity index (χ1n) is 6.41. The van der Waals surface area contributed by atoms with Gasteiger partial charge in [0.25, 0.3) is 0 Å². The minimum absolute atomic E-state index is 0.646. The van der Waals surface area contributed by atoms with Crippen LogP contribution in [-0.2, 0) is 6.54 Å². The van der Waals surface area contributed by atoms with E-state index in [1.165, 1.54) is 17.5 Å². The lowest BCUT2D eigenvalue weighted by Crippen LogP contribution is -2.39. The lowest BCUT2D eigenvalue weighted by atomic mass is 9.80. The van der Waals surface area contributed by atoms with Crippen molar-refractivity contribution >= 4 is 0 Å². The van der Waals surface area contributed by atoms with Gasteiger partial charge in [0.15, 0.2) is 0 Å². The summed E-state index contributed by atoms with van der Waals surface area (Å²) in [5.41, 5.74) is 4.54. The van der Waals surface area contributed by atoms with Crippen LogP contribution in [0, 0.1) is 12.8 Å². The van der Waals surface area contributed by atoms with E-state index in [2.05, 4.69) is 51.2 Å². The van der Waals surface area contributed by atoms with E-state index in [9.17, 15) is 0 Å². The zero-order chi connectivity index (χ0) is 11.7. The first-order valence-corrected chi connectivity index (χ1v) is 6.41. The van der Waals surface area contributed by atoms with Crippen molar-refractivity contribution in [2.45, 2.75) is 52.6 Å². The fourth-order valence-electron chi connectivity index (χ4n) is 2.96. The lowest BCUT2D eigenvalue weighted by Gasteiger charge is -2.34. The Morgan fingerprint density at radius 1 is 1.38 bits per heavy atom. The van der Waals surface area contributed by atoms with E-state index in [-0.39, 0.29) is 0 Å². The van der Waals surface area contributed by atoms with E-state index < -0.39 is 0 Å². The number of benzene rings is 1. The van der Waals surface area contributed by atoms with Gasteiger partial charge in [-0.3, -0.25) is 0 Å². The van der Waals surface area contributed by atoms with Crippen molar-refractivity contribution in [3.8, 4) is 0 Å². The van der Waals surface area contributed by atoms with Gasteiger partial charge in [-0.1, -0.05) is 39.0 Å². The average Bonchev–Trinajstić information content (AvgIpc) is 2.22. The second-order valence-corrected chi connectivity index (χ2v) is 5.55. The second-order valence-electron chi connectivity index (χ2n) is 5.55. The summed E-state index contributed by atoms with van der Waals surface area (Å²) in [6, 6.07) is 7.32. The summed E-state index contributed by atoms with van der Waals surface area (Å²) in [6.45, 7) is 10.3. The monoisotopic (exact) mass is 217 g/mol. The van der Waals surface area contributed by atoms with Crippen LogP contribution in [0.2, 0.25) is 0 Å². The predicted molar refractivity (Wildman–Crippen MR) is 69.7 cm³/mol. The molecule has 2 unspecified atom stereocenters. The minimum atomic E-state index is 0.646. The Bertz CT molecular complexity index is 368. The van der Waals surface area contributed by atoms with Crippen LogP contribution < -0.4 is 5.32 Å². The molecule has 1 N–H and O–H groups in total. The van der Waals surface area contributed by atoms with Crippen molar-refractivity contribution in [1.82, 2.24) is 5.32 Å². The standard InChI is InChI=1S/C15H23N/c1-10(2)8-14-12(4)15-11(3)6-5-7-13(15)9-16-14/h5-7,10,12,14,16H,8-9H2,1-4H3. The highest BCUT2D eigenvalue weighted by Gasteiger charge is 2.26. The second kappa shape index (κ2) is 4.58. The molecule has 1 nitrogen and oxygen atoms in total. The highest BCUT2D eigenvalue weighted by molar-refractivity contribution is 5.39. The molecule has 2 atom stereocenters. The molecule has 0 saturated heterocycles. The molecule has 0 bridgehead atoms. The van der Waals surface area contributed by atoms with E-state index in [1.807, 2.05) is 0 Å². The Kier molecular flexibility index (Phi) is 3.34. The maximum absolute atomic E-state index is 3.68. The molecule has 0 fully saturated rings. The largest absolute Gasteiger partial charge is 0.309 e. The topological polar surface area (TPSA) is 12.0 Å². The fourth-order valence-corrected chi connectivity index (χ4v) is 2.96. The van der Waals surface area contributed by atoms with Gasteiger partial charge in [0.05, 0.1) is 0 Å². The van der Waals surface area contributed by atoms with Gasteiger partial charge in [0.2, 0.25) is 0 Å². The zero-order valence-electron chi connectivity index (χ0n) is 10.9. The van der Waals surface area contributed by atoms with E-state index in [4.69, 9.17) is 0 Å². The highest BCUT2D eigenvalue weighted by atomic mass is 14.9. The Morgan fingerprint density at radius 3 is 2.81 bits per heavy atom. The molecule has 16 heavy (non-hydrogen) atoms. The summed E-state index contributed by atoms with van der Waals surface area (Å²) in [6.07, 6.45) is 1.27. The average molecular weight is 217 g/mol. The molecule has 0 aromatic heterocycles. The van der Waals surface area contributed by atoms with Crippen LogP contribution in [0.1, 0.15) is 49.8 Å². The molecule has 0 spiro atoms. The zero-order valence-corrected chi connectivity index (χ0v) is 10.9. The SMILES string of the molecule is Cc1cccc2c1C(C)C(CC(C)C)NC2. The Morgan fingerprint density at radius 2 is 2.12 bits per heavy atom. The minimum Gasteiger partial charge on any atom is -0.309 e. The van der Waals surface area contributed by atoms with Crippen LogP contribution in [-0.4, -0.2) is 6.04 Å². The number of hydrogen-bond acceptors (Lipinski definition) is 1. The first kappa shape index (κ1) is 11.7. The molecule has 1 aromatic carbocycles. The van der Waals surface area contributed by atoms with Crippen molar-refractivity contribution in [1.29, 1.82) is 0 Å². The Hall–Kier alpha value is -0.820. The number of hydrogen-bond donors (Lipinski definition) is 1. The molecule has 1 aliphatic heterocycles. The quantitative estimate of drug-likeness (QED) is 0.798. The Balaban J connectivity index is 2.27. The van der Waals surface area contributed by atoms with Crippen molar-refractivity contribution in [3.05, 3.63) is 34.9 Å². The molecule has 0 amide bonds. The molecule has 1 heteroatoms. The van der Waals surface area contributed by atoms with Gasteiger partial charge in [-0.15, -0.1) is 0 Å². The molecule has 1 heterocycles. The van der Waals surface area contributed by atoms with Gasteiger partial charge in [-0.2, -0.15) is 0 Å². The van der Waals surface area contributed by atoms with E-state index in [0.29, 0.717) is 12.0 Å². The molecule has 0 saturated carbocycles. The molecule has 0 aliphatic carbocycles. The molecule has 2 rings (SSSR count). The van der Waals surface area contributed by atoms with E-state index in [1.54, 1.807) is 5.56 Å². The fraction of sp³-hybridized carbons (Fsp3) is 0.600. The third-order valence-corrected chi connectivity index (χ3v) is 3.75. The molecule has 88 valence electrons. The summed E-state index contributed by atoms with van der Waals surface area (Å²) in [5.74, 6) is 1.41. The highest BCUT2D eigenvalue weighted by Crippen LogP contribution is 2.32. The van der Waals surface area contributed by atoms with Gasteiger partial charge in [0.1, 0.15) is 0 Å². The number of rotatable bonds is 2. The normalized spacial score (nSPS) is 24.6. The smallest absolute Gasteiger partial charge is 0.0211 e. The third kappa shape index (κ3) is 2.15. The molecular formula is C15H23N. The molecular weight excluding hydrogens is 194 g/mol. The Labute approximate surface area is 99.3 Å². The number of aryl methyl sites for hydroxylation is 1. The maximum atomic E-state index is 3.68. The first-order chi connectivity index (χ1) is 7.59. The van der Waals surface area contributed by atoms with Gasteiger partial charge < -0.3 is 5.32 Å². The van der Waals surface area contributed by atoms with Crippen LogP contribution in [0.3, 0.4) is 0 Å². The van der Waals surface area contributed by atoms with Crippen LogP contribution >= 0.6 is 0 Å². The molecule has 1 aliphatic rings. The summed E-state index contributed by atoms with van der Waals surface area (Å²) < 4.78 is 0. The summed E-state index contributed by atoms with van der Waals surface area (Å²) in [7, 11) is 0. The van der Waals surface area contributed by atoms with Crippen molar-refractivity contribution in [2.24, 2.45) is 5.92 Å². The van der Waals surface area contributed by atoms with E-state index in [0.717, 1.165) is 12.5 Å². The van der Waals surface area contributed by atoms with Crippen LogP contribution in [0.4, 0.5) is 0 Å².